The first-order valence-electron chi connectivity index (χ1n) is 8.09. The molecule has 23 heavy (non-hydrogen) atoms. The molecule has 0 aliphatic carbocycles. The Hall–Kier alpha value is -2.56. The van der Waals surface area contributed by atoms with Crippen molar-refractivity contribution in [3.05, 3.63) is 48.2 Å². The summed E-state index contributed by atoms with van der Waals surface area (Å²) >= 11 is 0. The molecule has 1 N–H and O–H groups in total. The van der Waals surface area contributed by atoms with E-state index in [1.54, 1.807) is 0 Å². The summed E-state index contributed by atoms with van der Waals surface area (Å²) in [5.41, 5.74) is 4.11. The Balaban J connectivity index is 2.15. The minimum Gasteiger partial charge on any atom is -0.387 e. The number of fused-ring (bicyclic) bond motifs is 1. The minimum absolute atomic E-state index is 0.790. The quantitative estimate of drug-likeness (QED) is 0.758. The third-order valence-electron chi connectivity index (χ3n) is 4.10. The average molecular weight is 309 g/mol. The smallest absolute Gasteiger partial charge is 0.208 e. The Morgan fingerprint density at radius 1 is 1.13 bits per heavy atom. The van der Waals surface area contributed by atoms with Crippen molar-refractivity contribution in [3.63, 3.8) is 0 Å². The molecule has 0 saturated carbocycles. The van der Waals surface area contributed by atoms with Crippen molar-refractivity contribution in [2.75, 3.05) is 30.4 Å². The average Bonchev–Trinajstić information content (AvgIpc) is 2.95. The van der Waals surface area contributed by atoms with E-state index in [0.717, 1.165) is 42.4 Å². The molecular weight excluding hydrogens is 286 g/mol. The largest absolute Gasteiger partial charge is 0.387 e. The van der Waals surface area contributed by atoms with Gasteiger partial charge >= 0.3 is 0 Å². The highest BCUT2D eigenvalue weighted by Crippen LogP contribution is 2.25. The van der Waals surface area contributed by atoms with E-state index in [0.29, 0.717) is 0 Å². The van der Waals surface area contributed by atoms with Gasteiger partial charge in [0, 0.05) is 20.1 Å². The van der Waals surface area contributed by atoms with Gasteiger partial charge in [0.2, 0.25) is 5.95 Å². The summed E-state index contributed by atoms with van der Waals surface area (Å²) in [5, 5.41) is 3.16. The van der Waals surface area contributed by atoms with Gasteiger partial charge in [-0.3, -0.25) is 0 Å². The molecule has 5 heteroatoms. The molecule has 120 valence electrons. The number of aromatic nitrogens is 3. The maximum atomic E-state index is 4.78. The van der Waals surface area contributed by atoms with Gasteiger partial charge in [0.05, 0.1) is 23.9 Å². The van der Waals surface area contributed by atoms with E-state index in [1.165, 1.54) is 5.56 Å². The van der Waals surface area contributed by atoms with E-state index in [2.05, 4.69) is 63.9 Å². The van der Waals surface area contributed by atoms with Crippen molar-refractivity contribution in [2.24, 2.45) is 0 Å². The molecule has 0 aliphatic rings. The molecule has 3 rings (SSSR count). The van der Waals surface area contributed by atoms with E-state index in [1.807, 2.05) is 19.3 Å². The minimum atomic E-state index is 0.790. The molecule has 0 unspecified atom stereocenters. The number of nitrogens with one attached hydrogen (secondary N) is 1. The van der Waals surface area contributed by atoms with Crippen LogP contribution >= 0.6 is 0 Å². The lowest BCUT2D eigenvalue weighted by Crippen LogP contribution is -2.25. The summed E-state index contributed by atoms with van der Waals surface area (Å²) in [7, 11) is 1.91. The second-order valence-corrected chi connectivity index (χ2v) is 5.47. The fraction of sp³-hybridized carbons (Fsp3) is 0.333. The highest BCUT2D eigenvalue weighted by atomic mass is 15.3. The zero-order chi connectivity index (χ0) is 16.2. The van der Waals surface area contributed by atoms with Crippen LogP contribution in [0.5, 0.6) is 0 Å². The van der Waals surface area contributed by atoms with Crippen molar-refractivity contribution in [1.82, 2.24) is 14.5 Å². The number of anilines is 2. The van der Waals surface area contributed by atoms with Crippen LogP contribution in [0.15, 0.2) is 42.6 Å². The van der Waals surface area contributed by atoms with Crippen molar-refractivity contribution in [1.29, 1.82) is 0 Å². The number of pyridine rings is 1. The summed E-state index contributed by atoms with van der Waals surface area (Å²) in [4.78, 5) is 11.5. The van der Waals surface area contributed by atoms with Crippen LogP contribution < -0.4 is 10.2 Å². The highest BCUT2D eigenvalue weighted by Gasteiger charge is 2.16. The fourth-order valence-electron chi connectivity index (χ4n) is 2.80. The van der Waals surface area contributed by atoms with Crippen molar-refractivity contribution >= 4 is 22.8 Å². The van der Waals surface area contributed by atoms with Gasteiger partial charge in [-0.25, -0.2) is 4.98 Å². The molecule has 5 nitrogen and oxygen atoms in total. The normalized spacial score (nSPS) is 10.9. The number of hydrogen-bond donors (Lipinski definition) is 1. The van der Waals surface area contributed by atoms with Crippen LogP contribution in [-0.2, 0) is 6.54 Å². The molecule has 0 bridgehead atoms. The van der Waals surface area contributed by atoms with Crippen LogP contribution in [0.1, 0.15) is 19.4 Å². The van der Waals surface area contributed by atoms with E-state index < -0.39 is 0 Å². The second kappa shape index (κ2) is 6.69. The number of imidazole rings is 1. The standard InChI is InChI=1S/C18H23N5/c1-4-22(5-2)18-21-17-16(11-15(19-3)12-20-17)23(18)13-14-9-7-6-8-10-14/h6-12,19H,4-5,13H2,1-3H3. The molecule has 0 aliphatic heterocycles. The van der Waals surface area contributed by atoms with Crippen LogP contribution in [0.25, 0.3) is 11.2 Å². The molecule has 0 radical (unpaired) electrons. The van der Waals surface area contributed by atoms with Gasteiger partial charge in [0.1, 0.15) is 0 Å². The van der Waals surface area contributed by atoms with Crippen molar-refractivity contribution < 1.29 is 0 Å². The van der Waals surface area contributed by atoms with Gasteiger partial charge in [-0.2, -0.15) is 4.98 Å². The van der Waals surface area contributed by atoms with Crippen LogP contribution in [0.4, 0.5) is 11.6 Å². The number of rotatable bonds is 6. The summed E-state index contributed by atoms with van der Waals surface area (Å²) in [6, 6.07) is 12.6. The molecule has 2 heterocycles. The summed E-state index contributed by atoms with van der Waals surface area (Å²) in [6.07, 6.45) is 1.83. The number of benzene rings is 1. The van der Waals surface area contributed by atoms with Gasteiger partial charge in [-0.05, 0) is 25.5 Å². The van der Waals surface area contributed by atoms with Crippen LogP contribution in [0.2, 0.25) is 0 Å². The molecule has 0 amide bonds. The predicted octanol–water partition coefficient (Wildman–Crippen LogP) is 3.37. The van der Waals surface area contributed by atoms with E-state index in [-0.39, 0.29) is 0 Å². The first kappa shape index (κ1) is 15.3. The van der Waals surface area contributed by atoms with E-state index in [9.17, 15) is 0 Å². The van der Waals surface area contributed by atoms with Gasteiger partial charge < -0.3 is 14.8 Å². The Morgan fingerprint density at radius 3 is 2.52 bits per heavy atom. The zero-order valence-electron chi connectivity index (χ0n) is 14.0. The Labute approximate surface area is 137 Å². The summed E-state index contributed by atoms with van der Waals surface area (Å²) in [5.74, 6) is 0.981. The lowest BCUT2D eigenvalue weighted by molar-refractivity contribution is 0.746. The topological polar surface area (TPSA) is 46.0 Å². The summed E-state index contributed by atoms with van der Waals surface area (Å²) < 4.78 is 2.26. The summed E-state index contributed by atoms with van der Waals surface area (Å²) in [6.45, 7) is 6.95. The maximum absolute atomic E-state index is 4.78. The number of nitrogens with zero attached hydrogens (tertiary/aromatic N) is 4. The lowest BCUT2D eigenvalue weighted by atomic mass is 10.2. The predicted molar refractivity (Wildman–Crippen MR) is 96.2 cm³/mol. The Bertz CT molecular complexity index is 775. The molecule has 0 saturated heterocycles. The first-order chi connectivity index (χ1) is 11.3. The van der Waals surface area contributed by atoms with Crippen LogP contribution in [-0.4, -0.2) is 34.7 Å². The molecule has 3 aromatic rings. The van der Waals surface area contributed by atoms with Crippen LogP contribution in [0, 0.1) is 0 Å². The Kier molecular flexibility index (Phi) is 4.46. The lowest BCUT2D eigenvalue weighted by Gasteiger charge is -2.21. The molecule has 2 aromatic heterocycles. The SMILES string of the molecule is CCN(CC)c1nc2ncc(NC)cc2n1Cc1ccccc1. The third kappa shape index (κ3) is 2.99. The van der Waals surface area contributed by atoms with Crippen molar-refractivity contribution in [3.8, 4) is 0 Å². The van der Waals surface area contributed by atoms with Gasteiger partial charge in [0.25, 0.3) is 0 Å². The number of hydrogen-bond acceptors (Lipinski definition) is 4. The molecular formula is C18H23N5. The first-order valence-corrected chi connectivity index (χ1v) is 8.09. The van der Waals surface area contributed by atoms with Gasteiger partial charge in [0.15, 0.2) is 5.65 Å². The zero-order valence-corrected chi connectivity index (χ0v) is 14.0. The molecule has 0 atom stereocenters. The van der Waals surface area contributed by atoms with Gasteiger partial charge in [-0.15, -0.1) is 0 Å². The second-order valence-electron chi connectivity index (χ2n) is 5.47. The van der Waals surface area contributed by atoms with Crippen LogP contribution in [0.3, 0.4) is 0 Å². The van der Waals surface area contributed by atoms with Gasteiger partial charge in [-0.1, -0.05) is 30.3 Å². The highest BCUT2D eigenvalue weighted by molar-refractivity contribution is 5.78. The molecule has 0 fully saturated rings. The monoisotopic (exact) mass is 309 g/mol. The molecule has 0 spiro atoms. The molecule has 1 aromatic carbocycles. The fourth-order valence-corrected chi connectivity index (χ4v) is 2.80. The van der Waals surface area contributed by atoms with E-state index >= 15 is 0 Å². The Morgan fingerprint density at radius 2 is 1.87 bits per heavy atom. The maximum Gasteiger partial charge on any atom is 0.208 e. The third-order valence-corrected chi connectivity index (χ3v) is 4.10. The van der Waals surface area contributed by atoms with E-state index in [4.69, 9.17) is 4.98 Å². The van der Waals surface area contributed by atoms with Crippen molar-refractivity contribution in [2.45, 2.75) is 20.4 Å².